The summed E-state index contributed by atoms with van der Waals surface area (Å²) in [4.78, 5) is 9.93. The van der Waals surface area contributed by atoms with Crippen molar-refractivity contribution in [1.82, 2.24) is 0 Å². The van der Waals surface area contributed by atoms with Crippen LogP contribution in [0.3, 0.4) is 0 Å². The molecule has 1 aromatic carbocycles. The Morgan fingerprint density at radius 3 is 2.77 bits per heavy atom. The molecule has 0 saturated carbocycles. The van der Waals surface area contributed by atoms with E-state index in [1.807, 2.05) is 0 Å². The minimum atomic E-state index is -0.463. The van der Waals surface area contributed by atoms with Gasteiger partial charge in [-0.05, 0) is 6.07 Å². The summed E-state index contributed by atoms with van der Waals surface area (Å²) < 4.78 is 4.95. The number of ether oxygens (including phenoxy) is 1. The molecule has 0 radical (unpaired) electrons. The van der Waals surface area contributed by atoms with Gasteiger partial charge in [0.25, 0.3) is 5.69 Å². The molecule has 0 aliphatic heterocycles. The number of methoxy groups -OCH3 is 1. The number of hydrogen-bond acceptors (Lipinski definition) is 3. The lowest BCUT2D eigenvalue weighted by Gasteiger charge is -2.03. The van der Waals surface area contributed by atoms with Gasteiger partial charge in [0, 0.05) is 11.6 Å². The van der Waals surface area contributed by atoms with Crippen LogP contribution in [0.4, 0.5) is 5.69 Å². The van der Waals surface area contributed by atoms with Crippen LogP contribution in [0.15, 0.2) is 24.8 Å². The lowest BCUT2D eigenvalue weighted by molar-refractivity contribution is -0.384. The molecule has 4 heteroatoms. The Kier molecular flexibility index (Phi) is 2.64. The zero-order valence-electron chi connectivity index (χ0n) is 7.19. The molecule has 0 N–H and O–H groups in total. The number of nitro benzene ring substituents is 1. The molecule has 13 heavy (non-hydrogen) atoms. The second kappa shape index (κ2) is 3.71. The van der Waals surface area contributed by atoms with Crippen molar-refractivity contribution in [3.63, 3.8) is 0 Å². The normalized spacial score (nSPS) is 9.31. The highest BCUT2D eigenvalue weighted by molar-refractivity contribution is 5.58. The fourth-order valence-corrected chi connectivity index (χ4v) is 0.982. The number of rotatable bonds is 3. The monoisotopic (exact) mass is 179 g/mol. The first-order valence-corrected chi connectivity index (χ1v) is 3.64. The van der Waals surface area contributed by atoms with Gasteiger partial charge in [0.15, 0.2) is 0 Å². The first-order chi connectivity index (χ1) is 6.19. The molecule has 1 aromatic rings. The molecular weight excluding hydrogens is 170 g/mol. The molecule has 68 valence electrons. The third kappa shape index (κ3) is 1.84. The molecule has 1 rings (SSSR count). The van der Waals surface area contributed by atoms with Crippen molar-refractivity contribution < 1.29 is 9.66 Å². The Bertz CT molecular complexity index is 347. The molecule has 0 atom stereocenters. The molecule has 4 nitrogen and oxygen atoms in total. The van der Waals surface area contributed by atoms with Crippen molar-refractivity contribution in [2.45, 2.75) is 0 Å². The third-order valence-electron chi connectivity index (χ3n) is 1.65. The van der Waals surface area contributed by atoms with Crippen molar-refractivity contribution in [3.8, 4) is 5.75 Å². The van der Waals surface area contributed by atoms with E-state index in [0.717, 1.165) is 5.56 Å². The summed E-state index contributed by atoms with van der Waals surface area (Å²) in [5.41, 5.74) is 0.760. The molecule has 0 aromatic heterocycles. The van der Waals surface area contributed by atoms with Gasteiger partial charge < -0.3 is 4.74 Å². The maximum Gasteiger partial charge on any atom is 0.273 e. The van der Waals surface area contributed by atoms with Crippen LogP contribution in [0.25, 0.3) is 6.08 Å². The quantitative estimate of drug-likeness (QED) is 0.528. The van der Waals surface area contributed by atoms with E-state index in [1.165, 1.54) is 19.2 Å². The van der Waals surface area contributed by atoms with Crippen LogP contribution in [0.1, 0.15) is 5.56 Å². The highest BCUT2D eigenvalue weighted by Crippen LogP contribution is 2.24. The Labute approximate surface area is 75.6 Å². The van der Waals surface area contributed by atoms with Crippen LogP contribution in [0, 0.1) is 10.1 Å². The van der Waals surface area contributed by atoms with E-state index in [-0.39, 0.29) is 5.69 Å². The van der Waals surface area contributed by atoms with Crippen molar-refractivity contribution in [1.29, 1.82) is 0 Å². The topological polar surface area (TPSA) is 52.4 Å². The van der Waals surface area contributed by atoms with Crippen molar-refractivity contribution in [2.75, 3.05) is 7.11 Å². The summed E-state index contributed by atoms with van der Waals surface area (Å²) in [5.74, 6) is 0.462. The third-order valence-corrected chi connectivity index (χ3v) is 1.65. The van der Waals surface area contributed by atoms with Gasteiger partial charge in [-0.1, -0.05) is 12.7 Å². The number of hydrogen-bond donors (Lipinski definition) is 0. The van der Waals surface area contributed by atoms with Crippen LogP contribution in [0.5, 0.6) is 5.75 Å². The SMILES string of the molecule is C=Cc1ccc([N+](=O)[O-])cc1OC. The molecule has 0 amide bonds. The molecule has 0 saturated heterocycles. The van der Waals surface area contributed by atoms with Gasteiger partial charge in [-0.2, -0.15) is 0 Å². The smallest absolute Gasteiger partial charge is 0.273 e. The largest absolute Gasteiger partial charge is 0.496 e. The Morgan fingerprint density at radius 2 is 2.31 bits per heavy atom. The zero-order chi connectivity index (χ0) is 9.84. The fraction of sp³-hybridized carbons (Fsp3) is 0.111. The summed E-state index contributed by atoms with van der Waals surface area (Å²) in [5, 5.41) is 10.4. The molecular formula is C9H9NO3. The highest BCUT2D eigenvalue weighted by atomic mass is 16.6. The first kappa shape index (κ1) is 9.25. The highest BCUT2D eigenvalue weighted by Gasteiger charge is 2.08. The van der Waals surface area contributed by atoms with Gasteiger partial charge in [-0.25, -0.2) is 0 Å². The van der Waals surface area contributed by atoms with Gasteiger partial charge >= 0.3 is 0 Å². The van der Waals surface area contributed by atoms with E-state index >= 15 is 0 Å². The van der Waals surface area contributed by atoms with Crippen molar-refractivity contribution >= 4 is 11.8 Å². The Hall–Kier alpha value is -1.84. The van der Waals surface area contributed by atoms with Gasteiger partial charge in [-0.3, -0.25) is 10.1 Å². The fourth-order valence-electron chi connectivity index (χ4n) is 0.982. The molecule has 0 aliphatic rings. The molecule has 0 spiro atoms. The lowest BCUT2D eigenvalue weighted by Crippen LogP contribution is -1.91. The van der Waals surface area contributed by atoms with Gasteiger partial charge in [0.1, 0.15) is 5.75 Å². The summed E-state index contributed by atoms with van der Waals surface area (Å²) >= 11 is 0. The molecule has 0 unspecified atom stereocenters. The standard InChI is InChI=1S/C9H9NO3/c1-3-7-4-5-8(10(11)12)6-9(7)13-2/h3-6H,1H2,2H3. The van der Waals surface area contributed by atoms with E-state index in [9.17, 15) is 10.1 Å². The first-order valence-electron chi connectivity index (χ1n) is 3.64. The average molecular weight is 179 g/mol. The van der Waals surface area contributed by atoms with Crippen LogP contribution in [0.2, 0.25) is 0 Å². The molecule has 0 heterocycles. The summed E-state index contributed by atoms with van der Waals surface area (Å²) in [7, 11) is 1.46. The average Bonchev–Trinajstić information content (AvgIpc) is 2.16. The molecule has 0 aliphatic carbocycles. The predicted molar refractivity (Wildman–Crippen MR) is 49.7 cm³/mol. The molecule has 0 fully saturated rings. The second-order valence-electron chi connectivity index (χ2n) is 2.39. The van der Waals surface area contributed by atoms with Gasteiger partial charge in [0.2, 0.25) is 0 Å². The van der Waals surface area contributed by atoms with Crippen molar-refractivity contribution in [2.24, 2.45) is 0 Å². The number of nitrogens with zero attached hydrogens (tertiary/aromatic N) is 1. The van der Waals surface area contributed by atoms with Gasteiger partial charge in [0.05, 0.1) is 18.1 Å². The van der Waals surface area contributed by atoms with E-state index in [4.69, 9.17) is 4.74 Å². The predicted octanol–water partition coefficient (Wildman–Crippen LogP) is 2.25. The van der Waals surface area contributed by atoms with Crippen molar-refractivity contribution in [3.05, 3.63) is 40.5 Å². The van der Waals surface area contributed by atoms with E-state index in [0.29, 0.717) is 5.75 Å². The van der Waals surface area contributed by atoms with Gasteiger partial charge in [-0.15, -0.1) is 0 Å². The van der Waals surface area contributed by atoms with E-state index in [1.54, 1.807) is 12.1 Å². The maximum absolute atomic E-state index is 10.4. The van der Waals surface area contributed by atoms with E-state index < -0.39 is 4.92 Å². The Morgan fingerprint density at radius 1 is 1.62 bits per heavy atom. The zero-order valence-corrected chi connectivity index (χ0v) is 7.19. The summed E-state index contributed by atoms with van der Waals surface area (Å²) in [6.45, 7) is 3.56. The van der Waals surface area contributed by atoms with Crippen LogP contribution in [-0.4, -0.2) is 12.0 Å². The lowest BCUT2D eigenvalue weighted by atomic mass is 10.2. The van der Waals surface area contributed by atoms with Crippen LogP contribution >= 0.6 is 0 Å². The Balaban J connectivity index is 3.20. The summed E-state index contributed by atoms with van der Waals surface area (Å²) in [6.07, 6.45) is 1.59. The summed E-state index contributed by atoms with van der Waals surface area (Å²) in [6, 6.07) is 4.39. The van der Waals surface area contributed by atoms with Crippen LogP contribution < -0.4 is 4.74 Å². The minimum Gasteiger partial charge on any atom is -0.496 e. The minimum absolute atomic E-state index is 0.0162. The van der Waals surface area contributed by atoms with E-state index in [2.05, 4.69) is 6.58 Å². The number of nitro groups is 1. The number of benzene rings is 1. The van der Waals surface area contributed by atoms with Crippen LogP contribution in [-0.2, 0) is 0 Å². The maximum atomic E-state index is 10.4. The number of non-ortho nitro benzene ring substituents is 1. The molecule has 0 bridgehead atoms. The second-order valence-corrected chi connectivity index (χ2v) is 2.39.